The third-order valence-corrected chi connectivity index (χ3v) is 2.09. The largest absolute Gasteiger partial charge is 0.444 e. The summed E-state index contributed by atoms with van der Waals surface area (Å²) in [6.07, 6.45) is 0.578. The summed E-state index contributed by atoms with van der Waals surface area (Å²) in [5, 5.41) is 0. The molecule has 0 rings (SSSR count). The van der Waals surface area contributed by atoms with Gasteiger partial charge in [0.1, 0.15) is 11.4 Å². The lowest BCUT2D eigenvalue weighted by Gasteiger charge is -2.26. The third kappa shape index (κ3) is 6.43. The summed E-state index contributed by atoms with van der Waals surface area (Å²) < 4.78 is 5.23. The summed E-state index contributed by atoms with van der Waals surface area (Å²) in [6.45, 7) is 10.2. The van der Waals surface area contributed by atoms with Gasteiger partial charge in [-0.1, -0.05) is 6.92 Å². The SMILES string of the molecule is CCC(=O)CCN(CC)C(=O)OC(C)(C)C. The van der Waals surface area contributed by atoms with E-state index in [1.165, 1.54) is 0 Å². The Hall–Kier alpha value is -1.06. The minimum Gasteiger partial charge on any atom is -0.444 e. The zero-order valence-corrected chi connectivity index (χ0v) is 11.0. The molecular formula is C12H23NO3. The Morgan fingerprint density at radius 3 is 2.12 bits per heavy atom. The molecule has 0 heterocycles. The Bertz CT molecular complexity index is 243. The van der Waals surface area contributed by atoms with Crippen LogP contribution >= 0.6 is 0 Å². The van der Waals surface area contributed by atoms with Gasteiger partial charge in [0.25, 0.3) is 0 Å². The fraction of sp³-hybridized carbons (Fsp3) is 0.833. The third-order valence-electron chi connectivity index (χ3n) is 2.09. The van der Waals surface area contributed by atoms with Gasteiger partial charge in [-0.05, 0) is 27.7 Å². The van der Waals surface area contributed by atoms with Crippen LogP contribution in [0.1, 0.15) is 47.5 Å². The van der Waals surface area contributed by atoms with Gasteiger partial charge in [-0.25, -0.2) is 4.79 Å². The average Bonchev–Trinajstić information content (AvgIpc) is 2.15. The van der Waals surface area contributed by atoms with Gasteiger partial charge in [0.05, 0.1) is 0 Å². The Balaban J connectivity index is 4.17. The maximum atomic E-state index is 11.7. The van der Waals surface area contributed by atoms with E-state index in [0.717, 1.165) is 0 Å². The molecule has 0 aliphatic rings. The van der Waals surface area contributed by atoms with E-state index in [2.05, 4.69) is 0 Å². The van der Waals surface area contributed by atoms with Gasteiger partial charge in [-0.3, -0.25) is 4.79 Å². The molecule has 0 fully saturated rings. The van der Waals surface area contributed by atoms with Crippen molar-refractivity contribution >= 4 is 11.9 Å². The minimum atomic E-state index is -0.487. The summed E-state index contributed by atoms with van der Waals surface area (Å²) in [5.41, 5.74) is -0.487. The molecule has 4 nitrogen and oxygen atoms in total. The molecule has 94 valence electrons. The Morgan fingerprint density at radius 1 is 1.19 bits per heavy atom. The highest BCUT2D eigenvalue weighted by Crippen LogP contribution is 2.10. The molecule has 0 aromatic rings. The summed E-state index contributed by atoms with van der Waals surface area (Å²) in [4.78, 5) is 24.4. The molecule has 0 aliphatic carbocycles. The maximum Gasteiger partial charge on any atom is 0.410 e. The zero-order chi connectivity index (χ0) is 12.8. The lowest BCUT2D eigenvalue weighted by atomic mass is 10.2. The highest BCUT2D eigenvalue weighted by molar-refractivity contribution is 5.78. The summed E-state index contributed by atoms with van der Waals surface area (Å²) >= 11 is 0. The predicted molar refractivity (Wildman–Crippen MR) is 63.4 cm³/mol. The van der Waals surface area contributed by atoms with Crippen LogP contribution in [0.3, 0.4) is 0 Å². The number of ketones is 1. The van der Waals surface area contributed by atoms with E-state index < -0.39 is 5.60 Å². The van der Waals surface area contributed by atoms with Crippen LogP contribution < -0.4 is 0 Å². The van der Waals surface area contributed by atoms with Crippen LogP contribution in [0.15, 0.2) is 0 Å². The Kier molecular flexibility index (Phi) is 6.08. The number of carbonyl (C=O) groups excluding carboxylic acids is 2. The highest BCUT2D eigenvalue weighted by Gasteiger charge is 2.21. The van der Waals surface area contributed by atoms with Crippen molar-refractivity contribution in [2.75, 3.05) is 13.1 Å². The molecular weight excluding hydrogens is 206 g/mol. The molecule has 0 saturated heterocycles. The smallest absolute Gasteiger partial charge is 0.410 e. The number of ether oxygens (including phenoxy) is 1. The summed E-state index contributed by atoms with van der Waals surface area (Å²) in [7, 11) is 0. The zero-order valence-electron chi connectivity index (χ0n) is 11.0. The van der Waals surface area contributed by atoms with Crippen molar-refractivity contribution in [1.82, 2.24) is 4.90 Å². The van der Waals surface area contributed by atoms with Crippen molar-refractivity contribution in [3.63, 3.8) is 0 Å². The van der Waals surface area contributed by atoms with Crippen LogP contribution in [-0.4, -0.2) is 35.5 Å². The van der Waals surface area contributed by atoms with Gasteiger partial charge in [0.2, 0.25) is 0 Å². The van der Waals surface area contributed by atoms with Gasteiger partial charge in [-0.15, -0.1) is 0 Å². The van der Waals surface area contributed by atoms with E-state index in [9.17, 15) is 9.59 Å². The van der Waals surface area contributed by atoms with Gasteiger partial charge in [-0.2, -0.15) is 0 Å². The number of Topliss-reactive ketones (excluding diaryl/α,β-unsaturated/α-hetero) is 1. The van der Waals surface area contributed by atoms with Gasteiger partial charge < -0.3 is 9.64 Å². The Morgan fingerprint density at radius 2 is 1.75 bits per heavy atom. The number of amides is 1. The van der Waals surface area contributed by atoms with Crippen LogP contribution in [0.25, 0.3) is 0 Å². The van der Waals surface area contributed by atoms with Crippen LogP contribution in [0, 0.1) is 0 Å². The fourth-order valence-electron chi connectivity index (χ4n) is 1.14. The molecule has 0 saturated carbocycles. The molecule has 0 aromatic carbocycles. The van der Waals surface area contributed by atoms with Gasteiger partial charge >= 0.3 is 6.09 Å². The first-order valence-electron chi connectivity index (χ1n) is 5.79. The van der Waals surface area contributed by atoms with E-state index >= 15 is 0 Å². The number of nitrogens with zero attached hydrogens (tertiary/aromatic N) is 1. The van der Waals surface area contributed by atoms with Crippen LogP contribution in [-0.2, 0) is 9.53 Å². The van der Waals surface area contributed by atoms with Gasteiger partial charge in [0.15, 0.2) is 0 Å². The average molecular weight is 229 g/mol. The highest BCUT2D eigenvalue weighted by atomic mass is 16.6. The van der Waals surface area contributed by atoms with Crippen molar-refractivity contribution in [1.29, 1.82) is 0 Å². The molecule has 0 N–H and O–H groups in total. The molecule has 0 bridgehead atoms. The molecule has 1 amide bonds. The topological polar surface area (TPSA) is 46.6 Å². The van der Waals surface area contributed by atoms with Crippen LogP contribution in [0.5, 0.6) is 0 Å². The second kappa shape index (κ2) is 6.51. The van der Waals surface area contributed by atoms with E-state index in [-0.39, 0.29) is 11.9 Å². The molecule has 4 heteroatoms. The number of hydrogen-bond donors (Lipinski definition) is 0. The van der Waals surface area contributed by atoms with Crippen molar-refractivity contribution < 1.29 is 14.3 Å². The van der Waals surface area contributed by atoms with Crippen molar-refractivity contribution in [2.45, 2.75) is 53.1 Å². The predicted octanol–water partition coefficient (Wildman–Crippen LogP) is 2.61. The fourth-order valence-corrected chi connectivity index (χ4v) is 1.14. The van der Waals surface area contributed by atoms with E-state index in [0.29, 0.717) is 25.9 Å². The number of hydrogen-bond acceptors (Lipinski definition) is 3. The quantitative estimate of drug-likeness (QED) is 0.728. The number of carbonyl (C=O) groups is 2. The number of rotatable bonds is 5. The van der Waals surface area contributed by atoms with Crippen molar-refractivity contribution in [2.24, 2.45) is 0 Å². The van der Waals surface area contributed by atoms with Crippen LogP contribution in [0.2, 0.25) is 0 Å². The maximum absolute atomic E-state index is 11.7. The van der Waals surface area contributed by atoms with E-state index in [4.69, 9.17) is 4.74 Å². The van der Waals surface area contributed by atoms with E-state index in [1.807, 2.05) is 34.6 Å². The lowest BCUT2D eigenvalue weighted by molar-refractivity contribution is -0.119. The van der Waals surface area contributed by atoms with E-state index in [1.54, 1.807) is 4.90 Å². The first-order chi connectivity index (χ1) is 7.30. The standard InChI is InChI=1S/C12H23NO3/c1-6-10(14)8-9-13(7-2)11(15)16-12(3,4)5/h6-9H2,1-5H3. The molecule has 0 spiro atoms. The minimum absolute atomic E-state index is 0.169. The summed E-state index contributed by atoms with van der Waals surface area (Å²) in [5.74, 6) is 0.169. The van der Waals surface area contributed by atoms with Crippen LogP contribution in [0.4, 0.5) is 4.79 Å². The molecule has 0 unspecified atom stereocenters. The first kappa shape index (κ1) is 14.9. The van der Waals surface area contributed by atoms with Gasteiger partial charge in [0, 0.05) is 25.9 Å². The Labute approximate surface area is 98.0 Å². The summed E-state index contributed by atoms with van der Waals surface area (Å²) in [6, 6.07) is 0. The molecule has 0 radical (unpaired) electrons. The molecule has 0 aromatic heterocycles. The van der Waals surface area contributed by atoms with Crippen molar-refractivity contribution in [3.05, 3.63) is 0 Å². The monoisotopic (exact) mass is 229 g/mol. The second-order valence-electron chi connectivity index (χ2n) is 4.70. The molecule has 0 aliphatic heterocycles. The lowest BCUT2D eigenvalue weighted by Crippen LogP contribution is -2.37. The first-order valence-corrected chi connectivity index (χ1v) is 5.79. The second-order valence-corrected chi connectivity index (χ2v) is 4.70. The van der Waals surface area contributed by atoms with Crippen molar-refractivity contribution in [3.8, 4) is 0 Å². The molecule has 16 heavy (non-hydrogen) atoms. The normalized spacial score (nSPS) is 11.1. The molecule has 0 atom stereocenters.